The Hall–Kier alpha value is -2.37. The minimum atomic E-state index is -0.200. The zero-order chi connectivity index (χ0) is 18.0. The molecule has 1 aliphatic heterocycles. The molecule has 0 unspecified atom stereocenters. The number of hydrogen-bond acceptors (Lipinski definition) is 3. The van der Waals surface area contributed by atoms with Gasteiger partial charge in [-0.05, 0) is 36.5 Å². The summed E-state index contributed by atoms with van der Waals surface area (Å²) in [6, 6.07) is 7.14. The summed E-state index contributed by atoms with van der Waals surface area (Å²) in [5, 5.41) is 2.62. The molecule has 0 spiro atoms. The SMILES string of the molecule is CNC(=O)c1cccc([C@@H]2CN(C(C)=O)CCN2C(=O)CC2CC2)c1. The van der Waals surface area contributed by atoms with Gasteiger partial charge in [0.1, 0.15) is 0 Å². The van der Waals surface area contributed by atoms with Gasteiger partial charge in [-0.15, -0.1) is 0 Å². The van der Waals surface area contributed by atoms with Crippen LogP contribution in [0.3, 0.4) is 0 Å². The van der Waals surface area contributed by atoms with Gasteiger partial charge in [-0.25, -0.2) is 0 Å². The molecule has 6 nitrogen and oxygen atoms in total. The second kappa shape index (κ2) is 7.25. The molecule has 2 fully saturated rings. The number of piperazine rings is 1. The van der Waals surface area contributed by atoms with Crippen LogP contribution in [0.25, 0.3) is 0 Å². The van der Waals surface area contributed by atoms with Crippen molar-refractivity contribution in [3.05, 3.63) is 35.4 Å². The Labute approximate surface area is 148 Å². The van der Waals surface area contributed by atoms with Crippen LogP contribution in [-0.4, -0.2) is 54.2 Å². The average Bonchev–Trinajstić information content (AvgIpc) is 3.44. The van der Waals surface area contributed by atoms with Crippen LogP contribution in [0.4, 0.5) is 0 Å². The topological polar surface area (TPSA) is 69.7 Å². The van der Waals surface area contributed by atoms with E-state index in [0.717, 1.165) is 18.4 Å². The molecule has 25 heavy (non-hydrogen) atoms. The summed E-state index contributed by atoms with van der Waals surface area (Å²) in [4.78, 5) is 40.1. The summed E-state index contributed by atoms with van der Waals surface area (Å²) in [5.74, 6) is 0.538. The minimum absolute atomic E-state index is 0.0155. The van der Waals surface area contributed by atoms with E-state index in [1.165, 1.54) is 0 Å². The number of hydrogen-bond donors (Lipinski definition) is 1. The molecule has 1 aliphatic carbocycles. The highest BCUT2D eigenvalue weighted by Gasteiger charge is 2.35. The van der Waals surface area contributed by atoms with Crippen LogP contribution in [0.5, 0.6) is 0 Å². The van der Waals surface area contributed by atoms with Crippen molar-refractivity contribution in [1.29, 1.82) is 0 Å². The van der Waals surface area contributed by atoms with E-state index in [4.69, 9.17) is 0 Å². The molecule has 1 atom stereocenters. The van der Waals surface area contributed by atoms with Crippen molar-refractivity contribution >= 4 is 17.7 Å². The highest BCUT2D eigenvalue weighted by Crippen LogP contribution is 2.35. The minimum Gasteiger partial charge on any atom is -0.355 e. The number of carbonyl (C=O) groups excluding carboxylic acids is 3. The zero-order valence-corrected chi connectivity index (χ0v) is 14.8. The molecule has 1 N–H and O–H groups in total. The van der Waals surface area contributed by atoms with E-state index in [1.54, 1.807) is 24.9 Å². The lowest BCUT2D eigenvalue weighted by molar-refractivity contribution is -0.142. The quantitative estimate of drug-likeness (QED) is 0.902. The molecule has 1 heterocycles. The van der Waals surface area contributed by atoms with Crippen molar-refractivity contribution in [3.8, 4) is 0 Å². The highest BCUT2D eigenvalue weighted by atomic mass is 16.2. The second-order valence-corrected chi connectivity index (χ2v) is 6.92. The maximum atomic E-state index is 12.7. The Kier molecular flexibility index (Phi) is 5.06. The van der Waals surface area contributed by atoms with Crippen LogP contribution in [0.15, 0.2) is 24.3 Å². The number of rotatable bonds is 4. The molecule has 2 aliphatic rings. The van der Waals surface area contributed by atoms with Gasteiger partial charge >= 0.3 is 0 Å². The number of nitrogens with one attached hydrogen (secondary N) is 1. The van der Waals surface area contributed by atoms with E-state index < -0.39 is 0 Å². The lowest BCUT2D eigenvalue weighted by Gasteiger charge is -2.41. The first-order chi connectivity index (χ1) is 12.0. The molecular weight excluding hydrogens is 318 g/mol. The Bertz CT molecular complexity index is 684. The average molecular weight is 343 g/mol. The summed E-state index contributed by atoms with van der Waals surface area (Å²) in [5.41, 5.74) is 1.46. The van der Waals surface area contributed by atoms with E-state index >= 15 is 0 Å². The normalized spacial score (nSPS) is 20.3. The van der Waals surface area contributed by atoms with Gasteiger partial charge in [0.25, 0.3) is 5.91 Å². The van der Waals surface area contributed by atoms with E-state index in [-0.39, 0.29) is 23.8 Å². The van der Waals surface area contributed by atoms with Crippen LogP contribution in [0.2, 0.25) is 0 Å². The van der Waals surface area contributed by atoms with Crippen LogP contribution >= 0.6 is 0 Å². The van der Waals surface area contributed by atoms with E-state index in [0.29, 0.717) is 37.5 Å². The first-order valence-electron chi connectivity index (χ1n) is 8.86. The third-order valence-electron chi connectivity index (χ3n) is 5.07. The molecule has 6 heteroatoms. The third kappa shape index (κ3) is 4.00. The summed E-state index contributed by atoms with van der Waals surface area (Å²) in [7, 11) is 1.60. The lowest BCUT2D eigenvalue weighted by atomic mass is 9.99. The fraction of sp³-hybridized carbons (Fsp3) is 0.526. The fourth-order valence-electron chi connectivity index (χ4n) is 3.37. The standard InChI is InChI=1S/C19H25N3O3/c1-13(23)21-8-9-22(18(24)10-14-6-7-14)17(12-21)15-4-3-5-16(11-15)19(25)20-2/h3-5,11,14,17H,6-10,12H2,1-2H3,(H,20,25)/t17-/m0/s1. The van der Waals surface area contributed by atoms with Gasteiger partial charge in [-0.3, -0.25) is 14.4 Å². The largest absolute Gasteiger partial charge is 0.355 e. The number of amides is 3. The number of carbonyl (C=O) groups is 3. The van der Waals surface area contributed by atoms with Crippen LogP contribution in [0, 0.1) is 5.92 Å². The van der Waals surface area contributed by atoms with Gasteiger partial charge in [0.15, 0.2) is 0 Å². The molecule has 134 valence electrons. The van der Waals surface area contributed by atoms with Gasteiger partial charge in [0, 0.05) is 45.6 Å². The van der Waals surface area contributed by atoms with E-state index in [2.05, 4.69) is 5.32 Å². The van der Waals surface area contributed by atoms with Gasteiger partial charge in [-0.1, -0.05) is 12.1 Å². The zero-order valence-electron chi connectivity index (χ0n) is 14.8. The summed E-state index contributed by atoms with van der Waals surface area (Å²) in [6.45, 7) is 3.14. The Morgan fingerprint density at radius 2 is 1.96 bits per heavy atom. The lowest BCUT2D eigenvalue weighted by Crippen LogP contribution is -2.52. The van der Waals surface area contributed by atoms with Gasteiger partial charge in [0.2, 0.25) is 11.8 Å². The predicted octanol–water partition coefficient (Wildman–Crippen LogP) is 1.58. The maximum absolute atomic E-state index is 12.7. The summed E-state index contributed by atoms with van der Waals surface area (Å²) < 4.78 is 0. The smallest absolute Gasteiger partial charge is 0.251 e. The van der Waals surface area contributed by atoms with Gasteiger partial charge in [0.05, 0.1) is 6.04 Å². The van der Waals surface area contributed by atoms with Crippen molar-refractivity contribution in [2.45, 2.75) is 32.2 Å². The molecule has 1 aromatic rings. The predicted molar refractivity (Wildman–Crippen MR) is 93.9 cm³/mol. The summed E-state index contributed by atoms with van der Waals surface area (Å²) in [6.07, 6.45) is 2.86. The van der Waals surface area contributed by atoms with Gasteiger partial charge in [-0.2, -0.15) is 0 Å². The summed E-state index contributed by atoms with van der Waals surface area (Å²) >= 11 is 0. The second-order valence-electron chi connectivity index (χ2n) is 6.92. The van der Waals surface area contributed by atoms with E-state index in [9.17, 15) is 14.4 Å². The molecule has 0 aromatic heterocycles. The molecular formula is C19H25N3O3. The molecule has 1 saturated heterocycles. The third-order valence-corrected chi connectivity index (χ3v) is 5.07. The van der Waals surface area contributed by atoms with Crippen molar-refractivity contribution in [1.82, 2.24) is 15.1 Å². The van der Waals surface area contributed by atoms with E-state index in [1.807, 2.05) is 23.1 Å². The van der Waals surface area contributed by atoms with Crippen molar-refractivity contribution in [3.63, 3.8) is 0 Å². The maximum Gasteiger partial charge on any atom is 0.251 e. The van der Waals surface area contributed by atoms with Crippen molar-refractivity contribution in [2.75, 3.05) is 26.7 Å². The van der Waals surface area contributed by atoms with Crippen LogP contribution < -0.4 is 5.32 Å². The van der Waals surface area contributed by atoms with Crippen LogP contribution in [0.1, 0.15) is 48.1 Å². The first-order valence-corrected chi connectivity index (χ1v) is 8.86. The first kappa shape index (κ1) is 17.5. The van der Waals surface area contributed by atoms with Crippen molar-refractivity contribution < 1.29 is 14.4 Å². The number of nitrogens with zero attached hydrogens (tertiary/aromatic N) is 2. The molecule has 1 saturated carbocycles. The van der Waals surface area contributed by atoms with Gasteiger partial charge < -0.3 is 15.1 Å². The fourth-order valence-corrected chi connectivity index (χ4v) is 3.37. The Morgan fingerprint density at radius 3 is 2.60 bits per heavy atom. The Morgan fingerprint density at radius 1 is 1.20 bits per heavy atom. The monoisotopic (exact) mass is 343 g/mol. The molecule has 0 radical (unpaired) electrons. The van der Waals surface area contributed by atoms with Crippen LogP contribution in [-0.2, 0) is 9.59 Å². The number of benzene rings is 1. The molecule has 3 amide bonds. The molecule has 3 rings (SSSR count). The highest BCUT2D eigenvalue weighted by molar-refractivity contribution is 5.94. The van der Waals surface area contributed by atoms with Crippen molar-refractivity contribution in [2.24, 2.45) is 5.92 Å². The molecule has 0 bridgehead atoms. The Balaban J connectivity index is 1.86. The molecule has 1 aromatic carbocycles.